The summed E-state index contributed by atoms with van der Waals surface area (Å²) in [6.45, 7) is 6.24. The molecule has 0 aliphatic heterocycles. The molecule has 0 spiro atoms. The maximum Gasteiger partial charge on any atom is 0.234 e. The number of nitrogens with zero attached hydrogens (tertiary/aromatic N) is 4. The van der Waals surface area contributed by atoms with Gasteiger partial charge < -0.3 is 9.88 Å². The molecule has 1 amide bonds. The second kappa shape index (κ2) is 10.7. The Balaban J connectivity index is 1.69. The highest BCUT2D eigenvalue weighted by Gasteiger charge is 2.15. The number of halogens is 2. The number of hydrogen-bond donors (Lipinski definition) is 1. The second-order valence-electron chi connectivity index (χ2n) is 7.05. The van der Waals surface area contributed by atoms with Crippen molar-refractivity contribution in [2.24, 2.45) is 0 Å². The normalized spacial score (nSPS) is 11.1. The van der Waals surface area contributed by atoms with Gasteiger partial charge in [-0.1, -0.05) is 42.8 Å². The molecule has 3 rings (SSSR count). The van der Waals surface area contributed by atoms with E-state index in [4.69, 9.17) is 28.9 Å². The lowest BCUT2D eigenvalue weighted by molar-refractivity contribution is -0.122. The fourth-order valence-corrected chi connectivity index (χ4v) is 3.68. The summed E-state index contributed by atoms with van der Waals surface area (Å²) in [7, 11) is 0. The van der Waals surface area contributed by atoms with Crippen LogP contribution >= 0.6 is 23.8 Å². The minimum absolute atomic E-state index is 0.123. The van der Waals surface area contributed by atoms with Gasteiger partial charge in [0.15, 0.2) is 10.6 Å². The van der Waals surface area contributed by atoms with Crippen LogP contribution < -0.4 is 5.32 Å². The number of rotatable bonds is 9. The highest BCUT2D eigenvalue weighted by atomic mass is 35.5. The molecule has 0 bridgehead atoms. The third kappa shape index (κ3) is 6.00. The van der Waals surface area contributed by atoms with Crippen LogP contribution in [0.2, 0.25) is 5.02 Å². The number of hydrogen-bond acceptors (Lipinski definition) is 4. The molecule has 0 radical (unpaired) electrons. The van der Waals surface area contributed by atoms with Crippen LogP contribution in [0.3, 0.4) is 0 Å². The monoisotopic (exact) mass is 461 g/mol. The summed E-state index contributed by atoms with van der Waals surface area (Å²) in [5.41, 5.74) is 1.73. The molecule has 0 saturated carbocycles. The van der Waals surface area contributed by atoms with Gasteiger partial charge in [-0.15, -0.1) is 0 Å². The van der Waals surface area contributed by atoms with Gasteiger partial charge in [-0.25, -0.2) is 9.07 Å². The Hall–Kier alpha value is -2.55. The van der Waals surface area contributed by atoms with E-state index in [-0.39, 0.29) is 18.3 Å². The molecule has 1 N–H and O–H groups in total. The van der Waals surface area contributed by atoms with Crippen molar-refractivity contribution in [2.75, 3.05) is 13.1 Å². The highest BCUT2D eigenvalue weighted by Crippen LogP contribution is 2.22. The molecule has 0 aliphatic rings. The molecule has 0 unspecified atom stereocenters. The summed E-state index contributed by atoms with van der Waals surface area (Å²) in [5.74, 6) is 0.321. The van der Waals surface area contributed by atoms with Crippen LogP contribution in [0.4, 0.5) is 4.39 Å². The van der Waals surface area contributed by atoms with E-state index in [0.29, 0.717) is 36.1 Å². The summed E-state index contributed by atoms with van der Waals surface area (Å²) in [6, 6.07) is 13.6. The highest BCUT2D eigenvalue weighted by molar-refractivity contribution is 7.71. The van der Waals surface area contributed by atoms with Gasteiger partial charge in [0.2, 0.25) is 5.91 Å². The fourth-order valence-electron chi connectivity index (χ4n) is 3.17. The lowest BCUT2D eigenvalue weighted by atomic mass is 10.2. The van der Waals surface area contributed by atoms with E-state index in [1.165, 1.54) is 12.1 Å². The molecule has 3 aromatic rings. The molecule has 31 heavy (non-hydrogen) atoms. The Morgan fingerprint density at radius 2 is 1.97 bits per heavy atom. The van der Waals surface area contributed by atoms with Crippen molar-refractivity contribution in [1.82, 2.24) is 24.6 Å². The van der Waals surface area contributed by atoms with Crippen molar-refractivity contribution in [3.05, 3.63) is 69.7 Å². The van der Waals surface area contributed by atoms with Gasteiger partial charge in [0.25, 0.3) is 0 Å². The largest absolute Gasteiger partial charge is 0.351 e. The number of carbonyl (C=O) groups excluding carboxylic acids is 1. The predicted molar refractivity (Wildman–Crippen MR) is 123 cm³/mol. The molecule has 9 heteroatoms. The van der Waals surface area contributed by atoms with Crippen molar-refractivity contribution in [3.63, 3.8) is 0 Å². The van der Waals surface area contributed by atoms with Crippen molar-refractivity contribution in [3.8, 4) is 11.4 Å². The topological polar surface area (TPSA) is 55.1 Å². The van der Waals surface area contributed by atoms with Crippen molar-refractivity contribution >= 4 is 29.7 Å². The molecule has 1 heterocycles. The van der Waals surface area contributed by atoms with E-state index in [9.17, 15) is 9.18 Å². The first-order valence-corrected chi connectivity index (χ1v) is 10.9. The van der Waals surface area contributed by atoms with E-state index in [1.807, 2.05) is 47.6 Å². The molecular weight excluding hydrogens is 437 g/mol. The zero-order valence-electron chi connectivity index (χ0n) is 17.5. The maximum atomic E-state index is 13.0. The molecule has 0 atom stereocenters. The summed E-state index contributed by atoms with van der Waals surface area (Å²) in [6.07, 6.45) is 0. The average molecular weight is 462 g/mol. The van der Waals surface area contributed by atoms with Gasteiger partial charge >= 0.3 is 0 Å². The molecular formula is C22H25ClFN5OS. The van der Waals surface area contributed by atoms with E-state index >= 15 is 0 Å². The zero-order chi connectivity index (χ0) is 22.4. The maximum absolute atomic E-state index is 13.0. The van der Waals surface area contributed by atoms with Crippen molar-refractivity contribution in [2.45, 2.75) is 33.6 Å². The van der Waals surface area contributed by atoms with Crippen molar-refractivity contribution in [1.29, 1.82) is 0 Å². The fraction of sp³-hybridized carbons (Fsp3) is 0.318. The van der Waals surface area contributed by atoms with Crippen LogP contribution in [-0.4, -0.2) is 38.2 Å². The van der Waals surface area contributed by atoms with Crippen LogP contribution in [-0.2, 0) is 24.6 Å². The molecule has 1 aromatic heterocycles. The summed E-state index contributed by atoms with van der Waals surface area (Å²) >= 11 is 11.8. The first-order chi connectivity index (χ1) is 14.9. The van der Waals surface area contributed by atoms with Crippen LogP contribution in [0.1, 0.15) is 19.4 Å². The van der Waals surface area contributed by atoms with Gasteiger partial charge in [-0.2, -0.15) is 5.10 Å². The molecule has 164 valence electrons. The number of aromatic nitrogens is 3. The quantitative estimate of drug-likeness (QED) is 0.477. The number of nitrogens with one attached hydrogen (secondary N) is 1. The number of benzene rings is 2. The van der Waals surface area contributed by atoms with Gasteiger partial charge in [0.1, 0.15) is 5.82 Å². The smallest absolute Gasteiger partial charge is 0.234 e. The molecule has 0 saturated heterocycles. The second-order valence-corrected chi connectivity index (χ2v) is 7.85. The average Bonchev–Trinajstić information content (AvgIpc) is 3.08. The van der Waals surface area contributed by atoms with E-state index in [1.54, 1.807) is 16.8 Å². The van der Waals surface area contributed by atoms with Gasteiger partial charge in [-0.3, -0.25) is 9.69 Å². The van der Waals surface area contributed by atoms with E-state index in [2.05, 4.69) is 5.32 Å². The first-order valence-electron chi connectivity index (χ1n) is 10.1. The van der Waals surface area contributed by atoms with Gasteiger partial charge in [0.05, 0.1) is 13.2 Å². The lowest BCUT2D eigenvalue weighted by Gasteiger charge is -2.19. The number of likely N-dealkylation sites (N-methyl/N-ethyl adjacent to an activating group) is 1. The predicted octanol–water partition coefficient (Wildman–Crippen LogP) is 4.49. The third-order valence-electron chi connectivity index (χ3n) is 4.87. The van der Waals surface area contributed by atoms with Crippen molar-refractivity contribution < 1.29 is 9.18 Å². The molecule has 0 fully saturated rings. The van der Waals surface area contributed by atoms with Gasteiger partial charge in [-0.05, 0) is 55.5 Å². The zero-order valence-corrected chi connectivity index (χ0v) is 19.1. The molecule has 0 aliphatic carbocycles. The summed E-state index contributed by atoms with van der Waals surface area (Å²) in [5, 5.41) is 8.19. The van der Waals surface area contributed by atoms with E-state index in [0.717, 1.165) is 17.0 Å². The Bertz CT molecular complexity index is 1100. The standard InChI is InChI=1S/C22H25ClFN5OS/c1-3-27(14-20(30)25-13-16-8-10-19(24)11-9-16)15-29-22(31)28(4-2)21(26-29)17-6-5-7-18(23)12-17/h5-12H,3-4,13-15H2,1-2H3,(H,25,30). The SMILES string of the molecule is CCN(CC(=O)NCc1ccc(F)cc1)Cn1nc(-c2cccc(Cl)c2)n(CC)c1=S. The number of amides is 1. The van der Waals surface area contributed by atoms with Gasteiger partial charge in [0, 0.05) is 23.7 Å². The minimum Gasteiger partial charge on any atom is -0.351 e. The Morgan fingerprint density at radius 1 is 1.23 bits per heavy atom. The van der Waals surface area contributed by atoms with Crippen LogP contribution in [0.25, 0.3) is 11.4 Å². The number of carbonyl (C=O) groups is 1. The van der Waals surface area contributed by atoms with Crippen LogP contribution in [0.5, 0.6) is 0 Å². The summed E-state index contributed by atoms with van der Waals surface area (Å²) < 4.78 is 17.3. The third-order valence-corrected chi connectivity index (χ3v) is 5.54. The first kappa shape index (κ1) is 23.1. The summed E-state index contributed by atoms with van der Waals surface area (Å²) in [4.78, 5) is 14.4. The van der Waals surface area contributed by atoms with Crippen LogP contribution in [0, 0.1) is 10.6 Å². The van der Waals surface area contributed by atoms with Crippen LogP contribution in [0.15, 0.2) is 48.5 Å². The Labute approximate surface area is 191 Å². The van der Waals surface area contributed by atoms with E-state index < -0.39 is 0 Å². The Kier molecular flexibility index (Phi) is 7.95. The minimum atomic E-state index is -0.298. The lowest BCUT2D eigenvalue weighted by Crippen LogP contribution is -2.38. The molecule has 6 nitrogen and oxygen atoms in total. The Morgan fingerprint density at radius 3 is 2.61 bits per heavy atom. The molecule has 2 aromatic carbocycles.